The Morgan fingerprint density at radius 2 is 1.83 bits per heavy atom. The normalized spacial score (nSPS) is 10.4. The average molecular weight is 335 g/mol. The summed E-state index contributed by atoms with van der Waals surface area (Å²) in [6.45, 7) is 5.77. The first kappa shape index (κ1) is 17.2. The second-order valence-corrected chi connectivity index (χ2v) is 5.49. The van der Waals surface area contributed by atoms with Crippen molar-refractivity contribution in [3.63, 3.8) is 0 Å². The maximum atomic E-state index is 12.0. The van der Waals surface area contributed by atoms with Gasteiger partial charge in [0.05, 0.1) is 6.61 Å². The molecule has 0 aliphatic heterocycles. The zero-order valence-corrected chi connectivity index (χ0v) is 14.1. The van der Waals surface area contributed by atoms with Crippen molar-refractivity contribution in [3.8, 4) is 11.5 Å². The van der Waals surface area contributed by atoms with E-state index in [0.717, 1.165) is 5.56 Å². The van der Waals surface area contributed by atoms with E-state index >= 15 is 0 Å². The van der Waals surface area contributed by atoms with Crippen LogP contribution in [0.3, 0.4) is 0 Å². The molecule has 0 spiro atoms. The summed E-state index contributed by atoms with van der Waals surface area (Å²) < 4.78 is 10.7. The van der Waals surface area contributed by atoms with Crippen LogP contribution in [0.1, 0.15) is 34.0 Å². The lowest BCUT2D eigenvalue weighted by Gasteiger charge is -2.17. The highest BCUT2D eigenvalue weighted by molar-refractivity contribution is 6.34. The smallest absolute Gasteiger partial charge is 0.342 e. The molecule has 2 aromatic carbocycles. The van der Waals surface area contributed by atoms with E-state index in [9.17, 15) is 9.90 Å². The Bertz CT molecular complexity index is 682. The van der Waals surface area contributed by atoms with Crippen LogP contribution in [0.4, 0.5) is 0 Å². The number of ether oxygens (including phenoxy) is 2. The van der Waals surface area contributed by atoms with Crippen molar-refractivity contribution in [1.82, 2.24) is 0 Å². The number of aromatic hydroxyl groups is 1. The van der Waals surface area contributed by atoms with Crippen molar-refractivity contribution in [2.45, 2.75) is 27.4 Å². The number of phenolic OH excluding ortho intramolecular Hbond substituents is 1. The van der Waals surface area contributed by atoms with Crippen molar-refractivity contribution in [2.24, 2.45) is 0 Å². The highest BCUT2D eigenvalue weighted by atomic mass is 35.5. The molecule has 0 bridgehead atoms. The fourth-order valence-corrected chi connectivity index (χ4v) is 2.56. The highest BCUT2D eigenvalue weighted by Crippen LogP contribution is 2.42. The molecule has 0 aliphatic carbocycles. The van der Waals surface area contributed by atoms with Crippen molar-refractivity contribution < 1.29 is 19.4 Å². The molecular weight excluding hydrogens is 316 g/mol. The molecule has 4 nitrogen and oxygen atoms in total. The van der Waals surface area contributed by atoms with E-state index in [1.165, 1.54) is 0 Å². The summed E-state index contributed by atoms with van der Waals surface area (Å²) in [5, 5.41) is 10.3. The van der Waals surface area contributed by atoms with Gasteiger partial charge >= 0.3 is 5.97 Å². The first-order chi connectivity index (χ1) is 11.0. The number of rotatable bonds is 5. The molecule has 0 unspecified atom stereocenters. The molecule has 0 aromatic heterocycles. The Morgan fingerprint density at radius 1 is 1.17 bits per heavy atom. The maximum absolute atomic E-state index is 12.0. The van der Waals surface area contributed by atoms with E-state index in [4.69, 9.17) is 21.1 Å². The summed E-state index contributed by atoms with van der Waals surface area (Å²) in [7, 11) is 0. The number of carbonyl (C=O) groups excluding carboxylic acids is 1. The fourth-order valence-electron chi connectivity index (χ4n) is 2.27. The summed E-state index contributed by atoms with van der Waals surface area (Å²) in [6.07, 6.45) is 0. The Kier molecular flexibility index (Phi) is 5.50. The number of esters is 1. The van der Waals surface area contributed by atoms with Crippen LogP contribution >= 0.6 is 11.6 Å². The highest BCUT2D eigenvalue weighted by Gasteiger charge is 2.24. The van der Waals surface area contributed by atoms with Gasteiger partial charge in [0.1, 0.15) is 22.9 Å². The quantitative estimate of drug-likeness (QED) is 0.822. The molecule has 2 rings (SSSR count). The van der Waals surface area contributed by atoms with E-state index in [-0.39, 0.29) is 22.9 Å². The van der Waals surface area contributed by atoms with Crippen molar-refractivity contribution in [3.05, 3.63) is 57.6 Å². The lowest BCUT2D eigenvalue weighted by Crippen LogP contribution is -2.10. The van der Waals surface area contributed by atoms with Crippen LogP contribution < -0.4 is 4.74 Å². The first-order valence-electron chi connectivity index (χ1n) is 7.32. The molecule has 0 amide bonds. The number of carbonyl (C=O) groups is 1. The molecule has 122 valence electrons. The van der Waals surface area contributed by atoms with Gasteiger partial charge in [-0.15, -0.1) is 0 Å². The minimum atomic E-state index is -0.595. The predicted octanol–water partition coefficient (Wildman–Crippen LogP) is 4.42. The summed E-state index contributed by atoms with van der Waals surface area (Å²) in [4.78, 5) is 12.0. The predicted molar refractivity (Wildman–Crippen MR) is 89.3 cm³/mol. The average Bonchev–Trinajstić information content (AvgIpc) is 2.54. The molecule has 1 N–H and O–H groups in total. The third kappa shape index (κ3) is 3.59. The number of hydrogen-bond donors (Lipinski definition) is 1. The van der Waals surface area contributed by atoms with Crippen LogP contribution in [0.25, 0.3) is 0 Å². The third-order valence-corrected chi connectivity index (χ3v) is 3.98. The van der Waals surface area contributed by atoms with Gasteiger partial charge in [0.25, 0.3) is 0 Å². The number of halogens is 1. The van der Waals surface area contributed by atoms with E-state index < -0.39 is 5.97 Å². The first-order valence-corrected chi connectivity index (χ1v) is 7.70. The summed E-state index contributed by atoms with van der Waals surface area (Å²) >= 11 is 6.20. The van der Waals surface area contributed by atoms with Crippen LogP contribution in [0.5, 0.6) is 11.5 Å². The van der Waals surface area contributed by atoms with Crippen LogP contribution in [-0.4, -0.2) is 17.7 Å². The topological polar surface area (TPSA) is 55.8 Å². The van der Waals surface area contributed by atoms with Gasteiger partial charge in [-0.05, 0) is 37.5 Å². The van der Waals surface area contributed by atoms with Crippen LogP contribution in [0.2, 0.25) is 5.02 Å². The minimum Gasteiger partial charge on any atom is -0.505 e. The number of benzene rings is 2. The van der Waals surface area contributed by atoms with Crippen LogP contribution in [0, 0.1) is 13.8 Å². The Morgan fingerprint density at radius 3 is 2.43 bits per heavy atom. The lowest BCUT2D eigenvalue weighted by atomic mass is 10.0. The van der Waals surface area contributed by atoms with Crippen LogP contribution in [0.15, 0.2) is 30.3 Å². The summed E-state index contributed by atoms with van der Waals surface area (Å²) in [5.41, 5.74) is 2.36. The SMILES string of the molecule is CCOC(=O)c1c(C)c(C)c(OCc2ccccc2)c(Cl)c1O. The Labute approximate surface area is 140 Å². The molecule has 5 heteroatoms. The molecule has 2 aromatic rings. The number of phenols is 1. The number of hydrogen-bond acceptors (Lipinski definition) is 4. The van der Waals surface area contributed by atoms with Crippen molar-refractivity contribution >= 4 is 17.6 Å². The zero-order valence-electron chi connectivity index (χ0n) is 13.4. The van der Waals surface area contributed by atoms with Gasteiger partial charge in [0.2, 0.25) is 0 Å². The van der Waals surface area contributed by atoms with Gasteiger partial charge in [-0.2, -0.15) is 0 Å². The van der Waals surface area contributed by atoms with E-state index in [1.54, 1.807) is 20.8 Å². The fraction of sp³-hybridized carbons (Fsp3) is 0.278. The standard InChI is InChI=1S/C18H19ClO4/c1-4-22-18(21)14-11(2)12(3)17(15(19)16(14)20)23-10-13-8-6-5-7-9-13/h5-9,20H,4,10H2,1-3H3. The van der Waals surface area contributed by atoms with Crippen molar-refractivity contribution in [1.29, 1.82) is 0 Å². The minimum absolute atomic E-state index is 0.0204. The third-order valence-electron chi connectivity index (χ3n) is 3.63. The molecule has 0 saturated carbocycles. The molecule has 0 saturated heterocycles. The Balaban J connectivity index is 2.36. The van der Waals surface area contributed by atoms with Gasteiger partial charge in [0, 0.05) is 0 Å². The van der Waals surface area contributed by atoms with Gasteiger partial charge < -0.3 is 14.6 Å². The molecule has 0 radical (unpaired) electrons. The van der Waals surface area contributed by atoms with E-state index in [2.05, 4.69) is 0 Å². The summed E-state index contributed by atoms with van der Waals surface area (Å²) in [6, 6.07) is 9.62. The molecule has 0 aliphatic rings. The van der Waals surface area contributed by atoms with E-state index in [1.807, 2.05) is 30.3 Å². The molecule has 0 fully saturated rings. The molecule has 0 heterocycles. The van der Waals surface area contributed by atoms with Gasteiger partial charge in [-0.3, -0.25) is 0 Å². The molecule has 0 atom stereocenters. The second-order valence-electron chi connectivity index (χ2n) is 5.11. The Hall–Kier alpha value is -2.20. The maximum Gasteiger partial charge on any atom is 0.342 e. The van der Waals surface area contributed by atoms with Gasteiger partial charge in [0.15, 0.2) is 5.75 Å². The largest absolute Gasteiger partial charge is 0.505 e. The molecular formula is C18H19ClO4. The monoisotopic (exact) mass is 334 g/mol. The van der Waals surface area contributed by atoms with Crippen molar-refractivity contribution in [2.75, 3.05) is 6.61 Å². The second kappa shape index (κ2) is 7.38. The summed E-state index contributed by atoms with van der Waals surface area (Å²) in [5.74, 6) is -0.531. The van der Waals surface area contributed by atoms with Gasteiger partial charge in [-0.25, -0.2) is 4.79 Å². The van der Waals surface area contributed by atoms with Crippen LogP contribution in [-0.2, 0) is 11.3 Å². The van der Waals surface area contributed by atoms with Gasteiger partial charge in [-0.1, -0.05) is 41.9 Å². The van der Waals surface area contributed by atoms with E-state index in [0.29, 0.717) is 23.5 Å². The molecule has 23 heavy (non-hydrogen) atoms. The lowest BCUT2D eigenvalue weighted by molar-refractivity contribution is 0.0522. The zero-order chi connectivity index (χ0) is 17.0.